The molecule has 0 amide bonds. The van der Waals surface area contributed by atoms with E-state index in [1.165, 1.54) is 32.1 Å². The molecule has 0 N–H and O–H groups in total. The van der Waals surface area contributed by atoms with Gasteiger partial charge in [0, 0.05) is 0 Å². The van der Waals surface area contributed by atoms with Crippen molar-refractivity contribution in [3.63, 3.8) is 0 Å². The second kappa shape index (κ2) is 5.17. The Hall–Kier alpha value is 0. The fraction of sp³-hybridized carbons (Fsp3) is 1.00. The highest BCUT2D eigenvalue weighted by molar-refractivity contribution is 5.02. The second-order valence-electron chi connectivity index (χ2n) is 7.63. The van der Waals surface area contributed by atoms with Crippen molar-refractivity contribution >= 4 is 0 Å². The summed E-state index contributed by atoms with van der Waals surface area (Å²) in [6.07, 6.45) is 7.28. The Morgan fingerprint density at radius 3 is 1.94 bits per heavy atom. The van der Waals surface area contributed by atoms with Crippen molar-refractivity contribution < 1.29 is 0 Å². The normalized spacial score (nSPS) is 38.0. The average Bonchev–Trinajstić information content (AvgIpc) is 3.24. The highest BCUT2D eigenvalue weighted by Gasteiger charge is 2.53. The van der Waals surface area contributed by atoms with E-state index in [0.29, 0.717) is 0 Å². The van der Waals surface area contributed by atoms with Crippen molar-refractivity contribution in [2.45, 2.75) is 73.6 Å². The first-order valence-electron chi connectivity index (χ1n) is 8.48. The van der Waals surface area contributed by atoms with Crippen molar-refractivity contribution in [3.8, 4) is 0 Å². The molecule has 106 valence electrons. The Morgan fingerprint density at radius 1 is 1.06 bits per heavy atom. The third-order valence-electron chi connectivity index (χ3n) is 6.94. The Kier molecular flexibility index (Phi) is 4.14. The SMILES string of the molecule is CCCC1(C(C)C(C)C(CC)C2C(C)C2C)CC1. The van der Waals surface area contributed by atoms with Crippen LogP contribution in [0.1, 0.15) is 73.6 Å². The number of rotatable bonds is 7. The Morgan fingerprint density at radius 2 is 1.61 bits per heavy atom. The van der Waals surface area contributed by atoms with Crippen LogP contribution in [-0.4, -0.2) is 0 Å². The maximum atomic E-state index is 2.56. The summed E-state index contributed by atoms with van der Waals surface area (Å²) in [5.74, 6) is 5.88. The molecule has 0 aromatic rings. The Balaban J connectivity index is 1.99. The zero-order valence-electron chi connectivity index (χ0n) is 13.5. The molecule has 5 unspecified atom stereocenters. The molecule has 0 aromatic heterocycles. The van der Waals surface area contributed by atoms with E-state index in [1.807, 2.05) is 0 Å². The standard InChI is InChI=1S/C18H34/c1-7-9-18(10-11-18)15(6)14(5)16(8-2)17-12(3)13(17)4/h12-17H,7-11H2,1-6H3. The third-order valence-corrected chi connectivity index (χ3v) is 6.94. The lowest BCUT2D eigenvalue weighted by Crippen LogP contribution is -2.28. The molecule has 0 radical (unpaired) electrons. The molecular weight excluding hydrogens is 216 g/mol. The van der Waals surface area contributed by atoms with Crippen LogP contribution in [0.25, 0.3) is 0 Å². The van der Waals surface area contributed by atoms with Gasteiger partial charge >= 0.3 is 0 Å². The van der Waals surface area contributed by atoms with Gasteiger partial charge in [0.15, 0.2) is 0 Å². The molecule has 2 aliphatic carbocycles. The fourth-order valence-electron chi connectivity index (χ4n) is 5.00. The molecule has 0 heterocycles. The summed E-state index contributed by atoms with van der Waals surface area (Å²) in [5.41, 5.74) is 0.753. The van der Waals surface area contributed by atoms with E-state index >= 15 is 0 Å². The average molecular weight is 250 g/mol. The second-order valence-corrected chi connectivity index (χ2v) is 7.63. The van der Waals surface area contributed by atoms with E-state index in [9.17, 15) is 0 Å². The summed E-state index contributed by atoms with van der Waals surface area (Å²) >= 11 is 0. The molecule has 2 fully saturated rings. The van der Waals surface area contributed by atoms with Gasteiger partial charge in [-0.1, -0.05) is 54.4 Å². The monoisotopic (exact) mass is 250 g/mol. The first-order valence-corrected chi connectivity index (χ1v) is 8.48. The van der Waals surface area contributed by atoms with Crippen LogP contribution in [0.2, 0.25) is 0 Å². The van der Waals surface area contributed by atoms with E-state index in [-0.39, 0.29) is 0 Å². The Bertz CT molecular complexity index is 268. The van der Waals surface area contributed by atoms with Gasteiger partial charge in [-0.05, 0) is 60.2 Å². The van der Waals surface area contributed by atoms with Crippen molar-refractivity contribution in [2.24, 2.45) is 40.9 Å². The summed E-state index contributed by atoms with van der Waals surface area (Å²) in [6.45, 7) is 14.8. The van der Waals surface area contributed by atoms with Gasteiger partial charge in [0.2, 0.25) is 0 Å². The largest absolute Gasteiger partial charge is 0.0654 e. The minimum atomic E-state index is 0.753. The summed E-state index contributed by atoms with van der Waals surface area (Å²) in [7, 11) is 0. The van der Waals surface area contributed by atoms with Crippen molar-refractivity contribution in [2.75, 3.05) is 0 Å². The molecule has 0 spiro atoms. The molecule has 0 bridgehead atoms. The first-order chi connectivity index (χ1) is 8.48. The van der Waals surface area contributed by atoms with Crippen LogP contribution in [0, 0.1) is 40.9 Å². The minimum Gasteiger partial charge on any atom is -0.0654 e. The minimum absolute atomic E-state index is 0.753. The van der Waals surface area contributed by atoms with Gasteiger partial charge in [-0.3, -0.25) is 0 Å². The molecule has 0 nitrogen and oxygen atoms in total. The van der Waals surface area contributed by atoms with Crippen LogP contribution in [0.4, 0.5) is 0 Å². The zero-order valence-corrected chi connectivity index (χ0v) is 13.5. The van der Waals surface area contributed by atoms with Gasteiger partial charge in [-0.15, -0.1) is 0 Å². The summed E-state index contributed by atoms with van der Waals surface area (Å²) in [4.78, 5) is 0. The van der Waals surface area contributed by atoms with Crippen LogP contribution in [0.3, 0.4) is 0 Å². The fourth-order valence-corrected chi connectivity index (χ4v) is 5.00. The predicted octanol–water partition coefficient (Wildman–Crippen LogP) is 5.77. The van der Waals surface area contributed by atoms with Crippen molar-refractivity contribution in [1.82, 2.24) is 0 Å². The van der Waals surface area contributed by atoms with Gasteiger partial charge < -0.3 is 0 Å². The maximum absolute atomic E-state index is 2.56. The zero-order chi connectivity index (χ0) is 13.5. The molecule has 2 aliphatic rings. The van der Waals surface area contributed by atoms with E-state index in [1.54, 1.807) is 0 Å². The Labute approximate surface area is 115 Å². The van der Waals surface area contributed by atoms with Crippen LogP contribution in [0.15, 0.2) is 0 Å². The van der Waals surface area contributed by atoms with E-state index in [2.05, 4.69) is 41.5 Å². The molecular formula is C18H34. The highest BCUT2D eigenvalue weighted by atomic mass is 14.6. The highest BCUT2D eigenvalue weighted by Crippen LogP contribution is 2.61. The lowest BCUT2D eigenvalue weighted by atomic mass is 9.71. The van der Waals surface area contributed by atoms with Gasteiger partial charge in [0.05, 0.1) is 0 Å². The van der Waals surface area contributed by atoms with Gasteiger partial charge in [-0.2, -0.15) is 0 Å². The quantitative estimate of drug-likeness (QED) is 0.538. The molecule has 2 rings (SSSR count). The maximum Gasteiger partial charge on any atom is -0.0269 e. The van der Waals surface area contributed by atoms with Crippen molar-refractivity contribution in [1.29, 1.82) is 0 Å². The van der Waals surface area contributed by atoms with Gasteiger partial charge in [-0.25, -0.2) is 0 Å². The van der Waals surface area contributed by atoms with E-state index in [0.717, 1.165) is 40.9 Å². The van der Waals surface area contributed by atoms with Crippen molar-refractivity contribution in [3.05, 3.63) is 0 Å². The van der Waals surface area contributed by atoms with Crippen LogP contribution in [-0.2, 0) is 0 Å². The molecule has 2 saturated carbocycles. The van der Waals surface area contributed by atoms with Crippen LogP contribution >= 0.6 is 0 Å². The molecule has 0 aromatic carbocycles. The summed E-state index contributed by atoms with van der Waals surface area (Å²) < 4.78 is 0. The smallest absolute Gasteiger partial charge is 0.0269 e. The molecule has 5 atom stereocenters. The van der Waals surface area contributed by atoms with Gasteiger partial charge in [0.25, 0.3) is 0 Å². The summed E-state index contributed by atoms with van der Waals surface area (Å²) in [6, 6.07) is 0. The summed E-state index contributed by atoms with van der Waals surface area (Å²) in [5, 5.41) is 0. The number of hydrogen-bond acceptors (Lipinski definition) is 0. The van der Waals surface area contributed by atoms with E-state index < -0.39 is 0 Å². The lowest BCUT2D eigenvalue weighted by molar-refractivity contribution is 0.143. The molecule has 18 heavy (non-hydrogen) atoms. The van der Waals surface area contributed by atoms with Gasteiger partial charge in [0.1, 0.15) is 0 Å². The molecule has 0 heteroatoms. The van der Waals surface area contributed by atoms with E-state index in [4.69, 9.17) is 0 Å². The third kappa shape index (κ3) is 2.37. The van der Waals surface area contributed by atoms with Crippen LogP contribution < -0.4 is 0 Å². The van der Waals surface area contributed by atoms with Crippen LogP contribution in [0.5, 0.6) is 0 Å². The first kappa shape index (κ1) is 14.4. The number of hydrogen-bond donors (Lipinski definition) is 0. The topological polar surface area (TPSA) is 0 Å². The predicted molar refractivity (Wildman–Crippen MR) is 80.5 cm³/mol. The molecule has 0 aliphatic heterocycles. The molecule has 0 saturated heterocycles. The lowest BCUT2D eigenvalue weighted by Gasteiger charge is -2.34.